The molecule has 0 atom stereocenters. The predicted octanol–water partition coefficient (Wildman–Crippen LogP) is 2.94. The Morgan fingerprint density at radius 2 is 1.86 bits per heavy atom. The Morgan fingerprint density at radius 3 is 2.77 bits per heavy atom. The molecule has 1 aromatic carbocycles. The van der Waals surface area contributed by atoms with Gasteiger partial charge in [-0.15, -0.1) is 10.2 Å². The van der Waals surface area contributed by atoms with Gasteiger partial charge in [0.1, 0.15) is 5.82 Å². The molecule has 4 aromatic rings. The first-order valence-corrected chi connectivity index (χ1v) is 8.10. The zero-order valence-electron chi connectivity index (χ0n) is 11.8. The number of benzene rings is 1. The zero-order chi connectivity index (χ0) is 14.5. The molecule has 1 aliphatic rings. The van der Waals surface area contributed by atoms with Gasteiger partial charge in [0.15, 0.2) is 10.8 Å². The molecule has 1 aliphatic heterocycles. The molecule has 0 bridgehead atoms. The van der Waals surface area contributed by atoms with Crippen molar-refractivity contribution in [1.82, 2.24) is 19.6 Å². The van der Waals surface area contributed by atoms with E-state index in [-0.39, 0.29) is 0 Å². The SMILES string of the molecule is c1ccc2sc(N3CC(c4nnc5ccccn45)C3)nc2c1. The molecule has 5 nitrogen and oxygen atoms in total. The van der Waals surface area contributed by atoms with Crippen LogP contribution in [0.2, 0.25) is 0 Å². The minimum absolute atomic E-state index is 0.421. The fourth-order valence-corrected chi connectivity index (χ4v) is 3.92. The summed E-state index contributed by atoms with van der Waals surface area (Å²) in [6.45, 7) is 1.91. The van der Waals surface area contributed by atoms with E-state index in [1.807, 2.05) is 30.5 Å². The molecule has 4 heterocycles. The molecule has 22 heavy (non-hydrogen) atoms. The van der Waals surface area contributed by atoms with Crippen molar-refractivity contribution in [2.45, 2.75) is 5.92 Å². The van der Waals surface area contributed by atoms with Gasteiger partial charge in [0.05, 0.1) is 16.1 Å². The monoisotopic (exact) mass is 307 g/mol. The first kappa shape index (κ1) is 12.1. The average Bonchev–Trinajstić information content (AvgIpc) is 3.10. The van der Waals surface area contributed by atoms with Gasteiger partial charge in [0.2, 0.25) is 0 Å². The van der Waals surface area contributed by atoms with Crippen LogP contribution >= 0.6 is 11.3 Å². The molecule has 0 N–H and O–H groups in total. The molecule has 5 rings (SSSR count). The van der Waals surface area contributed by atoms with Crippen molar-refractivity contribution in [2.75, 3.05) is 18.0 Å². The van der Waals surface area contributed by atoms with Crippen LogP contribution < -0.4 is 4.90 Å². The van der Waals surface area contributed by atoms with Gasteiger partial charge in [-0.2, -0.15) is 0 Å². The molecule has 0 unspecified atom stereocenters. The van der Waals surface area contributed by atoms with E-state index >= 15 is 0 Å². The third-order valence-electron chi connectivity index (χ3n) is 4.14. The van der Waals surface area contributed by atoms with E-state index in [1.54, 1.807) is 11.3 Å². The van der Waals surface area contributed by atoms with E-state index in [1.165, 1.54) is 4.70 Å². The highest BCUT2D eigenvalue weighted by atomic mass is 32.1. The lowest BCUT2D eigenvalue weighted by atomic mass is 10.0. The molecule has 108 valence electrons. The molecule has 0 spiro atoms. The second-order valence-corrected chi connectivity index (χ2v) is 6.56. The second-order valence-electron chi connectivity index (χ2n) is 5.55. The maximum Gasteiger partial charge on any atom is 0.186 e. The van der Waals surface area contributed by atoms with Crippen molar-refractivity contribution in [2.24, 2.45) is 0 Å². The summed E-state index contributed by atoms with van der Waals surface area (Å²) in [5.74, 6) is 1.47. The Kier molecular flexibility index (Phi) is 2.48. The molecule has 6 heteroatoms. The molecular weight excluding hydrogens is 294 g/mol. The van der Waals surface area contributed by atoms with Gasteiger partial charge < -0.3 is 4.90 Å². The maximum absolute atomic E-state index is 4.71. The van der Waals surface area contributed by atoms with Crippen LogP contribution in [0.4, 0.5) is 5.13 Å². The Labute approximate surface area is 130 Å². The van der Waals surface area contributed by atoms with Crippen LogP contribution in [0.3, 0.4) is 0 Å². The topological polar surface area (TPSA) is 46.3 Å². The lowest BCUT2D eigenvalue weighted by Gasteiger charge is -2.37. The van der Waals surface area contributed by atoms with Gasteiger partial charge in [0, 0.05) is 19.3 Å². The lowest BCUT2D eigenvalue weighted by molar-refractivity contribution is 0.496. The van der Waals surface area contributed by atoms with E-state index in [9.17, 15) is 0 Å². The van der Waals surface area contributed by atoms with Crippen molar-refractivity contribution >= 4 is 32.3 Å². The number of rotatable bonds is 2. The molecule has 3 aromatic heterocycles. The number of anilines is 1. The Balaban J connectivity index is 1.41. The van der Waals surface area contributed by atoms with Crippen molar-refractivity contribution in [3.8, 4) is 0 Å². The summed E-state index contributed by atoms with van der Waals surface area (Å²) in [5.41, 5.74) is 2.00. The van der Waals surface area contributed by atoms with Crippen LogP contribution in [-0.2, 0) is 0 Å². The van der Waals surface area contributed by atoms with Gasteiger partial charge in [-0.05, 0) is 24.3 Å². The quantitative estimate of drug-likeness (QED) is 0.571. The first-order chi connectivity index (χ1) is 10.9. The van der Waals surface area contributed by atoms with Crippen LogP contribution in [0.25, 0.3) is 15.9 Å². The van der Waals surface area contributed by atoms with Gasteiger partial charge >= 0.3 is 0 Å². The van der Waals surface area contributed by atoms with Gasteiger partial charge in [-0.3, -0.25) is 4.40 Å². The molecule has 1 fully saturated rings. The lowest BCUT2D eigenvalue weighted by Crippen LogP contribution is -2.45. The summed E-state index contributed by atoms with van der Waals surface area (Å²) in [7, 11) is 0. The summed E-state index contributed by atoms with van der Waals surface area (Å²) in [5, 5.41) is 9.70. The van der Waals surface area contributed by atoms with Gasteiger partial charge in [0.25, 0.3) is 0 Å². The number of hydrogen-bond donors (Lipinski definition) is 0. The average molecular weight is 307 g/mol. The summed E-state index contributed by atoms with van der Waals surface area (Å²) in [4.78, 5) is 7.03. The largest absolute Gasteiger partial charge is 0.346 e. The number of aromatic nitrogens is 4. The normalized spacial score (nSPS) is 15.5. The van der Waals surface area contributed by atoms with Crippen LogP contribution in [0.1, 0.15) is 11.7 Å². The standard InChI is InChI=1S/C16H13N5S/c1-2-6-13-12(5-1)17-16(22-13)20-9-11(10-20)15-19-18-14-7-3-4-8-21(14)15/h1-8,11H,9-10H2. The van der Waals surface area contributed by atoms with E-state index < -0.39 is 0 Å². The van der Waals surface area contributed by atoms with Gasteiger partial charge in [-0.25, -0.2) is 4.98 Å². The second kappa shape index (κ2) is 4.51. The number of hydrogen-bond acceptors (Lipinski definition) is 5. The Bertz CT molecular complexity index is 934. The number of para-hydroxylation sites is 1. The van der Waals surface area contributed by atoms with Crippen LogP contribution in [0, 0.1) is 0 Å². The molecule has 0 amide bonds. The van der Waals surface area contributed by atoms with Gasteiger partial charge in [-0.1, -0.05) is 29.5 Å². The smallest absolute Gasteiger partial charge is 0.186 e. The fraction of sp³-hybridized carbons (Fsp3) is 0.188. The van der Waals surface area contributed by atoms with Crippen molar-refractivity contribution in [3.05, 3.63) is 54.5 Å². The summed E-state index contributed by atoms with van der Waals surface area (Å²) < 4.78 is 3.33. The van der Waals surface area contributed by atoms with Crippen molar-refractivity contribution < 1.29 is 0 Å². The molecular formula is C16H13N5S. The molecule has 0 saturated carbocycles. The molecule has 1 saturated heterocycles. The van der Waals surface area contributed by atoms with Crippen molar-refractivity contribution in [3.63, 3.8) is 0 Å². The van der Waals surface area contributed by atoms with Crippen LogP contribution in [-0.4, -0.2) is 32.7 Å². The summed E-state index contributed by atoms with van der Waals surface area (Å²) in [6, 6.07) is 14.3. The number of fused-ring (bicyclic) bond motifs is 2. The van der Waals surface area contributed by atoms with E-state index in [0.29, 0.717) is 5.92 Å². The highest BCUT2D eigenvalue weighted by Crippen LogP contribution is 2.35. The summed E-state index contributed by atoms with van der Waals surface area (Å²) >= 11 is 1.76. The zero-order valence-corrected chi connectivity index (χ0v) is 12.6. The number of thiazole rings is 1. The van der Waals surface area contributed by atoms with E-state index in [0.717, 1.165) is 35.2 Å². The summed E-state index contributed by atoms with van der Waals surface area (Å²) in [6.07, 6.45) is 2.03. The molecule has 0 aliphatic carbocycles. The number of nitrogens with zero attached hydrogens (tertiary/aromatic N) is 5. The number of pyridine rings is 1. The van der Waals surface area contributed by atoms with Crippen LogP contribution in [0.15, 0.2) is 48.7 Å². The maximum atomic E-state index is 4.71. The highest BCUT2D eigenvalue weighted by Gasteiger charge is 2.33. The van der Waals surface area contributed by atoms with Crippen LogP contribution in [0.5, 0.6) is 0 Å². The first-order valence-electron chi connectivity index (χ1n) is 7.29. The predicted molar refractivity (Wildman–Crippen MR) is 87.6 cm³/mol. The highest BCUT2D eigenvalue weighted by molar-refractivity contribution is 7.22. The van der Waals surface area contributed by atoms with E-state index in [2.05, 4.69) is 37.7 Å². The fourth-order valence-electron chi connectivity index (χ4n) is 2.93. The van der Waals surface area contributed by atoms with Crippen molar-refractivity contribution in [1.29, 1.82) is 0 Å². The Hall–Kier alpha value is -2.47. The minimum atomic E-state index is 0.421. The third kappa shape index (κ3) is 1.74. The molecule has 0 radical (unpaired) electrons. The minimum Gasteiger partial charge on any atom is -0.346 e. The third-order valence-corrected chi connectivity index (χ3v) is 5.24. The Morgan fingerprint density at radius 1 is 1.00 bits per heavy atom. The van der Waals surface area contributed by atoms with E-state index in [4.69, 9.17) is 4.98 Å².